The average molecular weight is 304 g/mol. The molecule has 1 aromatic rings. The zero-order valence-corrected chi connectivity index (χ0v) is 11.9. The van der Waals surface area contributed by atoms with E-state index >= 15 is 0 Å². The van der Waals surface area contributed by atoms with Gasteiger partial charge in [0.1, 0.15) is 0 Å². The van der Waals surface area contributed by atoms with E-state index in [2.05, 4.69) is 10.6 Å². The van der Waals surface area contributed by atoms with Crippen LogP contribution in [-0.2, 0) is 6.18 Å². The smallest absolute Gasteiger partial charge is 0.396 e. The molecule has 0 aromatic heterocycles. The predicted molar refractivity (Wildman–Crippen MR) is 73.9 cm³/mol. The lowest BCUT2D eigenvalue weighted by atomic mass is 9.90. The van der Waals surface area contributed by atoms with Crippen LogP contribution in [0.2, 0.25) is 0 Å². The number of hydrogen-bond acceptors (Lipinski definition) is 2. The number of aliphatic hydroxyl groups excluding tert-OH is 1. The van der Waals surface area contributed by atoms with Crippen molar-refractivity contribution in [3.8, 4) is 0 Å². The summed E-state index contributed by atoms with van der Waals surface area (Å²) in [6.45, 7) is 4.05. The Kier molecular flexibility index (Phi) is 5.60. The third kappa shape index (κ3) is 6.03. The number of amides is 2. The first-order valence-electron chi connectivity index (χ1n) is 6.47. The van der Waals surface area contributed by atoms with E-state index in [1.165, 1.54) is 12.1 Å². The van der Waals surface area contributed by atoms with Crippen molar-refractivity contribution < 1.29 is 23.1 Å². The SMILES string of the molecule is CC(C)(CCO)CNC(=O)Nc1cccc(C(F)(F)F)c1. The fourth-order valence-corrected chi connectivity index (χ4v) is 1.66. The second-order valence-corrected chi connectivity index (χ2v) is 5.52. The topological polar surface area (TPSA) is 61.4 Å². The Morgan fingerprint density at radius 3 is 2.52 bits per heavy atom. The third-order valence-electron chi connectivity index (χ3n) is 2.96. The molecule has 0 saturated heterocycles. The molecule has 0 aliphatic rings. The first-order valence-corrected chi connectivity index (χ1v) is 6.47. The summed E-state index contributed by atoms with van der Waals surface area (Å²) < 4.78 is 37.6. The molecule has 0 radical (unpaired) electrons. The Morgan fingerprint density at radius 1 is 1.29 bits per heavy atom. The average Bonchev–Trinajstić information content (AvgIpc) is 2.36. The predicted octanol–water partition coefficient (Wildman–Crippen LogP) is 3.24. The quantitative estimate of drug-likeness (QED) is 0.782. The molecule has 0 fully saturated rings. The van der Waals surface area contributed by atoms with Gasteiger partial charge in [-0.2, -0.15) is 13.2 Å². The van der Waals surface area contributed by atoms with E-state index in [1.54, 1.807) is 0 Å². The molecule has 0 unspecified atom stereocenters. The maximum Gasteiger partial charge on any atom is 0.416 e. The van der Waals surface area contributed by atoms with Gasteiger partial charge in [0, 0.05) is 18.8 Å². The van der Waals surface area contributed by atoms with E-state index in [0.717, 1.165) is 12.1 Å². The number of halogens is 3. The molecule has 0 aliphatic carbocycles. The molecule has 0 heterocycles. The summed E-state index contributed by atoms with van der Waals surface area (Å²) in [5.41, 5.74) is -1.04. The van der Waals surface area contributed by atoms with Gasteiger partial charge in [-0.1, -0.05) is 19.9 Å². The number of carbonyl (C=O) groups excluding carboxylic acids is 1. The van der Waals surface area contributed by atoms with Gasteiger partial charge in [-0.25, -0.2) is 4.79 Å². The lowest BCUT2D eigenvalue weighted by Crippen LogP contribution is -2.37. The molecule has 7 heteroatoms. The molecule has 1 aromatic carbocycles. The molecular weight excluding hydrogens is 285 g/mol. The molecule has 21 heavy (non-hydrogen) atoms. The highest BCUT2D eigenvalue weighted by molar-refractivity contribution is 5.89. The number of alkyl halides is 3. The van der Waals surface area contributed by atoms with Crippen LogP contribution in [0.1, 0.15) is 25.8 Å². The van der Waals surface area contributed by atoms with Crippen LogP contribution in [0.15, 0.2) is 24.3 Å². The van der Waals surface area contributed by atoms with Crippen LogP contribution >= 0.6 is 0 Å². The molecule has 0 saturated carbocycles. The molecule has 2 amide bonds. The van der Waals surface area contributed by atoms with E-state index in [1.807, 2.05) is 13.8 Å². The second kappa shape index (κ2) is 6.80. The summed E-state index contributed by atoms with van der Waals surface area (Å²) in [6, 6.07) is 3.84. The normalized spacial score (nSPS) is 12.1. The minimum Gasteiger partial charge on any atom is -0.396 e. The van der Waals surface area contributed by atoms with E-state index in [9.17, 15) is 18.0 Å². The van der Waals surface area contributed by atoms with Crippen molar-refractivity contribution in [1.82, 2.24) is 5.32 Å². The standard InChI is InChI=1S/C14H19F3N2O2/c1-13(2,6-7-20)9-18-12(21)19-11-5-3-4-10(8-11)14(15,16)17/h3-5,8,20H,6-7,9H2,1-2H3,(H2,18,19,21). The maximum absolute atomic E-state index is 12.5. The van der Waals surface area contributed by atoms with Gasteiger partial charge in [0.15, 0.2) is 0 Å². The summed E-state index contributed by atoms with van der Waals surface area (Å²) >= 11 is 0. The molecule has 3 N–H and O–H groups in total. The Hall–Kier alpha value is -1.76. The zero-order valence-electron chi connectivity index (χ0n) is 11.9. The highest BCUT2D eigenvalue weighted by Crippen LogP contribution is 2.30. The van der Waals surface area contributed by atoms with E-state index in [4.69, 9.17) is 5.11 Å². The maximum atomic E-state index is 12.5. The number of rotatable bonds is 5. The fraction of sp³-hybridized carbons (Fsp3) is 0.500. The molecular formula is C14H19F3N2O2. The van der Waals surface area contributed by atoms with Crippen LogP contribution < -0.4 is 10.6 Å². The van der Waals surface area contributed by atoms with Crippen LogP contribution in [0.4, 0.5) is 23.7 Å². The van der Waals surface area contributed by atoms with Crippen molar-refractivity contribution in [2.45, 2.75) is 26.4 Å². The number of benzene rings is 1. The first kappa shape index (κ1) is 17.3. The van der Waals surface area contributed by atoms with Crippen molar-refractivity contribution >= 4 is 11.7 Å². The van der Waals surface area contributed by atoms with Crippen LogP contribution in [0.5, 0.6) is 0 Å². The van der Waals surface area contributed by atoms with Crippen molar-refractivity contribution in [3.05, 3.63) is 29.8 Å². The molecule has 1 rings (SSSR count). The van der Waals surface area contributed by atoms with E-state index < -0.39 is 17.8 Å². The van der Waals surface area contributed by atoms with Gasteiger partial charge < -0.3 is 15.7 Å². The number of nitrogens with one attached hydrogen (secondary N) is 2. The van der Waals surface area contributed by atoms with Crippen molar-refractivity contribution in [2.24, 2.45) is 5.41 Å². The van der Waals surface area contributed by atoms with Crippen molar-refractivity contribution in [3.63, 3.8) is 0 Å². The van der Waals surface area contributed by atoms with E-state index in [0.29, 0.717) is 13.0 Å². The van der Waals surface area contributed by atoms with E-state index in [-0.39, 0.29) is 17.7 Å². The molecule has 0 atom stereocenters. The van der Waals surface area contributed by atoms with Crippen molar-refractivity contribution in [1.29, 1.82) is 0 Å². The summed E-state index contributed by atoms with van der Waals surface area (Å²) in [4.78, 5) is 11.7. The lowest BCUT2D eigenvalue weighted by Gasteiger charge is -2.23. The first-order chi connectivity index (χ1) is 9.64. The second-order valence-electron chi connectivity index (χ2n) is 5.52. The Morgan fingerprint density at radius 2 is 1.95 bits per heavy atom. The zero-order chi connectivity index (χ0) is 16.1. The van der Waals surface area contributed by atoms with Crippen molar-refractivity contribution in [2.75, 3.05) is 18.5 Å². The molecule has 118 valence electrons. The molecule has 4 nitrogen and oxygen atoms in total. The molecule has 0 spiro atoms. The van der Waals surface area contributed by atoms with Gasteiger partial charge in [0.2, 0.25) is 0 Å². The summed E-state index contributed by atoms with van der Waals surface area (Å²) in [6.07, 6.45) is -3.94. The lowest BCUT2D eigenvalue weighted by molar-refractivity contribution is -0.137. The summed E-state index contributed by atoms with van der Waals surface area (Å²) in [5.74, 6) is 0. The number of aliphatic hydroxyl groups is 1. The molecule has 0 aliphatic heterocycles. The van der Waals surface area contributed by atoms with Gasteiger partial charge in [-0.15, -0.1) is 0 Å². The van der Waals surface area contributed by atoms with Crippen LogP contribution in [0.3, 0.4) is 0 Å². The number of urea groups is 1. The Labute approximate surface area is 121 Å². The number of anilines is 1. The Balaban J connectivity index is 2.60. The number of hydrogen-bond donors (Lipinski definition) is 3. The van der Waals surface area contributed by atoms with Gasteiger partial charge >= 0.3 is 12.2 Å². The number of carbonyl (C=O) groups is 1. The highest BCUT2D eigenvalue weighted by atomic mass is 19.4. The largest absolute Gasteiger partial charge is 0.416 e. The minimum atomic E-state index is -4.45. The van der Waals surface area contributed by atoms with Crippen LogP contribution in [0.25, 0.3) is 0 Å². The van der Waals surface area contributed by atoms with Gasteiger partial charge in [0.25, 0.3) is 0 Å². The van der Waals surface area contributed by atoms with Gasteiger partial charge in [-0.05, 0) is 30.0 Å². The highest BCUT2D eigenvalue weighted by Gasteiger charge is 2.30. The monoisotopic (exact) mass is 304 g/mol. The minimum absolute atomic E-state index is 0.00390. The Bertz CT molecular complexity index is 487. The fourth-order valence-electron chi connectivity index (χ4n) is 1.66. The third-order valence-corrected chi connectivity index (χ3v) is 2.96. The summed E-state index contributed by atoms with van der Waals surface area (Å²) in [5, 5.41) is 13.8. The van der Waals surface area contributed by atoms with Gasteiger partial charge in [-0.3, -0.25) is 0 Å². The van der Waals surface area contributed by atoms with Gasteiger partial charge in [0.05, 0.1) is 5.56 Å². The van der Waals surface area contributed by atoms with Crippen LogP contribution in [-0.4, -0.2) is 24.3 Å². The summed E-state index contributed by atoms with van der Waals surface area (Å²) in [7, 11) is 0. The van der Waals surface area contributed by atoms with Crippen LogP contribution in [0, 0.1) is 5.41 Å². The molecule has 0 bridgehead atoms.